The topological polar surface area (TPSA) is 92.1 Å². The van der Waals surface area contributed by atoms with E-state index in [1.54, 1.807) is 48.7 Å². The molecule has 0 aliphatic rings. The van der Waals surface area contributed by atoms with Gasteiger partial charge >= 0.3 is 5.97 Å². The van der Waals surface area contributed by atoms with Crippen LogP contribution < -0.4 is 18.9 Å². The number of esters is 1. The van der Waals surface area contributed by atoms with E-state index in [2.05, 4.69) is 29.0 Å². The molecule has 47 heavy (non-hydrogen) atoms. The molecule has 0 spiro atoms. The number of aromatic nitrogens is 2. The Kier molecular flexibility index (Phi) is 15.2. The Morgan fingerprint density at radius 1 is 0.723 bits per heavy atom. The Morgan fingerprint density at radius 3 is 1.98 bits per heavy atom. The van der Waals surface area contributed by atoms with Crippen LogP contribution in [0.1, 0.15) is 100 Å². The van der Waals surface area contributed by atoms with Crippen LogP contribution in [0.4, 0.5) is 5.13 Å². The van der Waals surface area contributed by atoms with Crippen LogP contribution in [0.3, 0.4) is 0 Å². The Bertz CT molecular complexity index is 1520. The minimum absolute atomic E-state index is 0.318. The quantitative estimate of drug-likeness (QED) is 0.0381. The van der Waals surface area contributed by atoms with Crippen molar-refractivity contribution in [3.05, 3.63) is 77.9 Å². The minimum atomic E-state index is -0.480. The van der Waals surface area contributed by atoms with Crippen molar-refractivity contribution in [1.82, 2.24) is 10.2 Å². The number of aliphatic imine (C=N–C) groups is 1. The summed E-state index contributed by atoms with van der Waals surface area (Å²) in [5.41, 5.74) is 2.15. The smallest absolute Gasteiger partial charge is 0.343 e. The second-order valence-corrected chi connectivity index (χ2v) is 12.3. The number of hydrogen-bond donors (Lipinski definition) is 0. The highest BCUT2D eigenvalue weighted by Crippen LogP contribution is 2.31. The van der Waals surface area contributed by atoms with Gasteiger partial charge in [-0.15, -0.1) is 10.2 Å². The third kappa shape index (κ3) is 12.1. The SMILES string of the molecule is CCCCCCCCCCOc1ccc(-c2nnc(/N=C/c3ccc(OC(=O)c4ccc(OCCCCC)cc4)c(OC)c3)s2)cc1. The van der Waals surface area contributed by atoms with E-state index in [1.165, 1.54) is 63.4 Å². The number of methoxy groups -OCH3 is 1. The number of rotatable bonds is 21. The molecule has 0 aliphatic carbocycles. The molecule has 0 unspecified atom stereocenters. The monoisotopic (exact) mass is 657 g/mol. The number of carbonyl (C=O) groups excluding carboxylic acids is 1. The zero-order chi connectivity index (χ0) is 33.1. The van der Waals surface area contributed by atoms with Gasteiger partial charge in [0.25, 0.3) is 0 Å². The van der Waals surface area contributed by atoms with E-state index in [9.17, 15) is 4.79 Å². The lowest BCUT2D eigenvalue weighted by Crippen LogP contribution is -2.09. The van der Waals surface area contributed by atoms with E-state index in [1.807, 2.05) is 24.3 Å². The zero-order valence-electron chi connectivity index (χ0n) is 27.9. The van der Waals surface area contributed by atoms with E-state index >= 15 is 0 Å². The lowest BCUT2D eigenvalue weighted by molar-refractivity contribution is 0.0729. The van der Waals surface area contributed by atoms with Gasteiger partial charge in [0.05, 0.1) is 25.9 Å². The molecule has 0 amide bonds. The van der Waals surface area contributed by atoms with E-state index < -0.39 is 5.97 Å². The first-order valence-electron chi connectivity index (χ1n) is 16.8. The van der Waals surface area contributed by atoms with Crippen LogP contribution in [0, 0.1) is 0 Å². The van der Waals surface area contributed by atoms with Crippen molar-refractivity contribution >= 4 is 28.7 Å². The molecule has 0 bridgehead atoms. The highest BCUT2D eigenvalue weighted by atomic mass is 32.1. The van der Waals surface area contributed by atoms with Crippen LogP contribution >= 0.6 is 11.3 Å². The summed E-state index contributed by atoms with van der Waals surface area (Å²) in [6, 6.07) is 20.1. The van der Waals surface area contributed by atoms with Crippen LogP contribution in [0.25, 0.3) is 10.6 Å². The maximum absolute atomic E-state index is 12.8. The second kappa shape index (κ2) is 20.1. The van der Waals surface area contributed by atoms with Crippen LogP contribution in [0.15, 0.2) is 71.7 Å². The number of hydrogen-bond acceptors (Lipinski definition) is 9. The Balaban J connectivity index is 1.25. The molecule has 250 valence electrons. The average Bonchev–Trinajstić information content (AvgIpc) is 3.58. The van der Waals surface area contributed by atoms with Gasteiger partial charge in [0.2, 0.25) is 5.13 Å². The number of carbonyl (C=O) groups is 1. The third-order valence-electron chi connectivity index (χ3n) is 7.60. The minimum Gasteiger partial charge on any atom is -0.494 e. The molecule has 0 aliphatic heterocycles. The lowest BCUT2D eigenvalue weighted by Gasteiger charge is -2.10. The first-order chi connectivity index (χ1) is 23.1. The molecule has 0 N–H and O–H groups in total. The van der Waals surface area contributed by atoms with Gasteiger partial charge < -0.3 is 18.9 Å². The fourth-order valence-corrected chi connectivity index (χ4v) is 5.57. The molecule has 4 rings (SSSR count). The predicted octanol–water partition coefficient (Wildman–Crippen LogP) is 10.3. The highest BCUT2D eigenvalue weighted by molar-refractivity contribution is 7.18. The number of ether oxygens (including phenoxy) is 4. The van der Waals surface area contributed by atoms with Crippen molar-refractivity contribution in [3.8, 4) is 33.6 Å². The number of nitrogens with zero attached hydrogens (tertiary/aromatic N) is 3. The van der Waals surface area contributed by atoms with Crippen LogP contribution in [0.2, 0.25) is 0 Å². The Hall–Kier alpha value is -4.24. The van der Waals surface area contributed by atoms with E-state index in [0.29, 0.717) is 28.8 Å². The Labute approximate surface area is 283 Å². The number of benzene rings is 3. The average molecular weight is 658 g/mol. The van der Waals surface area contributed by atoms with Crippen molar-refractivity contribution in [2.24, 2.45) is 4.99 Å². The molecule has 0 saturated carbocycles. The van der Waals surface area contributed by atoms with E-state index in [0.717, 1.165) is 59.9 Å². The summed E-state index contributed by atoms with van der Waals surface area (Å²) >= 11 is 1.40. The van der Waals surface area contributed by atoms with Gasteiger partial charge in [-0.1, -0.05) is 83.0 Å². The maximum atomic E-state index is 12.8. The second-order valence-electron chi connectivity index (χ2n) is 11.4. The summed E-state index contributed by atoms with van der Waals surface area (Å²) in [4.78, 5) is 17.3. The van der Waals surface area contributed by atoms with Crippen molar-refractivity contribution in [3.63, 3.8) is 0 Å². The van der Waals surface area contributed by atoms with Crippen LogP contribution in [-0.2, 0) is 0 Å². The Morgan fingerprint density at radius 2 is 1.32 bits per heavy atom. The van der Waals surface area contributed by atoms with Crippen molar-refractivity contribution in [1.29, 1.82) is 0 Å². The molecule has 9 heteroatoms. The van der Waals surface area contributed by atoms with Crippen LogP contribution in [-0.4, -0.2) is 42.7 Å². The van der Waals surface area contributed by atoms with Gasteiger partial charge in [0, 0.05) is 11.8 Å². The van der Waals surface area contributed by atoms with E-state index in [4.69, 9.17) is 18.9 Å². The summed E-state index contributed by atoms with van der Waals surface area (Å²) < 4.78 is 22.8. The van der Waals surface area contributed by atoms with Gasteiger partial charge in [0.1, 0.15) is 16.5 Å². The molecule has 0 saturated heterocycles. The standard InChI is InChI=1S/C38H47N3O5S/c1-4-6-8-9-10-11-12-14-26-45-32-20-16-30(17-21-32)36-40-41-38(47-36)39-28-29-15-24-34(35(27-29)43-3)46-37(42)31-18-22-33(23-19-31)44-25-13-7-5-2/h15-24,27-28H,4-14,25-26H2,1-3H3/b39-28+. The first-order valence-corrected chi connectivity index (χ1v) is 17.6. The van der Waals surface area contributed by atoms with Gasteiger partial charge in [0.15, 0.2) is 11.5 Å². The summed E-state index contributed by atoms with van der Waals surface area (Å²) in [5.74, 6) is 1.85. The highest BCUT2D eigenvalue weighted by Gasteiger charge is 2.14. The number of unbranched alkanes of at least 4 members (excludes halogenated alkanes) is 9. The largest absolute Gasteiger partial charge is 0.494 e. The summed E-state index contributed by atoms with van der Waals surface area (Å²) in [6.45, 7) is 5.81. The van der Waals surface area contributed by atoms with Gasteiger partial charge in [-0.3, -0.25) is 0 Å². The van der Waals surface area contributed by atoms with Crippen LogP contribution in [0.5, 0.6) is 23.0 Å². The maximum Gasteiger partial charge on any atom is 0.343 e. The first kappa shape index (κ1) is 35.6. The summed E-state index contributed by atoms with van der Waals surface area (Å²) in [6.07, 6.45) is 15.2. The molecule has 1 heterocycles. The molecule has 3 aromatic carbocycles. The van der Waals surface area contributed by atoms with Crippen molar-refractivity contribution < 1.29 is 23.7 Å². The normalized spacial score (nSPS) is 11.1. The fourth-order valence-electron chi connectivity index (χ4n) is 4.87. The van der Waals surface area contributed by atoms with E-state index in [-0.39, 0.29) is 0 Å². The summed E-state index contributed by atoms with van der Waals surface area (Å²) in [7, 11) is 1.53. The lowest BCUT2D eigenvalue weighted by atomic mass is 10.1. The zero-order valence-corrected chi connectivity index (χ0v) is 28.7. The molecule has 8 nitrogen and oxygen atoms in total. The molecular formula is C38H47N3O5S. The van der Waals surface area contributed by atoms with Crippen molar-refractivity contribution in [2.45, 2.75) is 84.5 Å². The molecule has 1 aromatic heterocycles. The predicted molar refractivity (Wildman–Crippen MR) is 190 cm³/mol. The molecule has 4 aromatic rings. The molecular weight excluding hydrogens is 611 g/mol. The van der Waals surface area contributed by atoms with Gasteiger partial charge in [-0.05, 0) is 85.1 Å². The molecule has 0 atom stereocenters. The van der Waals surface area contributed by atoms with Gasteiger partial charge in [-0.2, -0.15) is 0 Å². The summed E-state index contributed by atoms with van der Waals surface area (Å²) in [5, 5.41) is 9.85. The fraction of sp³-hybridized carbons (Fsp3) is 0.421. The third-order valence-corrected chi connectivity index (χ3v) is 8.48. The van der Waals surface area contributed by atoms with Gasteiger partial charge in [-0.25, -0.2) is 9.79 Å². The molecule has 0 fully saturated rings. The molecule has 0 radical (unpaired) electrons. The van der Waals surface area contributed by atoms with Crippen molar-refractivity contribution in [2.75, 3.05) is 20.3 Å².